The maximum Gasteiger partial charge on any atom is 0.232 e. The summed E-state index contributed by atoms with van der Waals surface area (Å²) in [5, 5.41) is 9.43. The summed E-state index contributed by atoms with van der Waals surface area (Å²) in [7, 11) is -2.16. The molecule has 7 nitrogen and oxygen atoms in total. The van der Waals surface area contributed by atoms with Gasteiger partial charge in [0.05, 0.1) is 10.2 Å². The Bertz CT molecular complexity index is 736. The first-order chi connectivity index (χ1) is 13.6. The highest BCUT2D eigenvalue weighted by Gasteiger charge is 2.37. The van der Waals surface area contributed by atoms with Crippen molar-refractivity contribution < 1.29 is 0 Å². The summed E-state index contributed by atoms with van der Waals surface area (Å²) in [5.74, 6) is 0. The number of para-hydroxylation sites is 1. The van der Waals surface area contributed by atoms with Crippen molar-refractivity contribution in [2.24, 2.45) is 15.2 Å². The first kappa shape index (κ1) is 23.1. The third-order valence-electron chi connectivity index (χ3n) is 4.90. The predicted octanol–water partition coefficient (Wildman–Crippen LogP) is 6.27. The molecule has 2 aromatic rings. The van der Waals surface area contributed by atoms with Crippen molar-refractivity contribution in [3.63, 3.8) is 0 Å². The molecule has 9 heteroatoms. The molecule has 0 aliphatic carbocycles. The van der Waals surface area contributed by atoms with Crippen LogP contribution >= 0.6 is 18.8 Å². The monoisotopic (exact) mass is 423 g/mol. The highest BCUT2D eigenvalue weighted by Crippen LogP contribution is 2.59. The summed E-state index contributed by atoms with van der Waals surface area (Å²) in [4.78, 5) is 9.52. The van der Waals surface area contributed by atoms with Gasteiger partial charge in [0.1, 0.15) is 0 Å². The minimum absolute atomic E-state index is 0.654. The smallest absolute Gasteiger partial charge is 0.232 e. The van der Waals surface area contributed by atoms with Crippen LogP contribution in [0.2, 0.25) is 0 Å². The van der Waals surface area contributed by atoms with E-state index < -0.39 is 7.51 Å². The maximum absolute atomic E-state index is 4.96. The summed E-state index contributed by atoms with van der Waals surface area (Å²) in [5.41, 5.74) is 0.957. The third-order valence-corrected chi connectivity index (χ3v) is 10.1. The van der Waals surface area contributed by atoms with Crippen LogP contribution in [0, 0.1) is 0 Å². The van der Waals surface area contributed by atoms with Gasteiger partial charge in [-0.15, -0.1) is 4.85 Å². The van der Waals surface area contributed by atoms with Gasteiger partial charge in [0, 0.05) is 39.3 Å². The fourth-order valence-electron chi connectivity index (χ4n) is 3.53. The van der Waals surface area contributed by atoms with Crippen LogP contribution in [-0.4, -0.2) is 58.3 Å². The van der Waals surface area contributed by atoms with E-state index in [-0.39, 0.29) is 0 Å². The number of hydrogen-bond donors (Lipinski definition) is 0. The molecule has 0 amide bonds. The second-order valence-electron chi connectivity index (χ2n) is 6.20. The molecular formula is C19H34N7PS. The molecule has 1 aromatic heterocycles. The minimum atomic E-state index is -2.16. The summed E-state index contributed by atoms with van der Waals surface area (Å²) in [6.45, 7) is 18.8. The second kappa shape index (κ2) is 11.1. The lowest BCUT2D eigenvalue weighted by Gasteiger charge is -2.47. The van der Waals surface area contributed by atoms with Gasteiger partial charge >= 0.3 is 0 Å². The number of benzene rings is 1. The number of nitrogens with zero attached hydrogens (tertiary/aromatic N) is 7. The number of aromatic nitrogens is 1. The zero-order valence-electron chi connectivity index (χ0n) is 18.0. The van der Waals surface area contributed by atoms with E-state index in [0.717, 1.165) is 49.5 Å². The second-order valence-corrected chi connectivity index (χ2v) is 10.2. The average Bonchev–Trinajstić information content (AvgIpc) is 3.13. The molecular weight excluding hydrogens is 389 g/mol. The Morgan fingerprint density at radius 3 is 1.79 bits per heavy atom. The van der Waals surface area contributed by atoms with Crippen molar-refractivity contribution in [1.29, 1.82) is 0 Å². The van der Waals surface area contributed by atoms with E-state index in [2.05, 4.69) is 76.9 Å². The normalized spacial score (nSPS) is 12.9. The van der Waals surface area contributed by atoms with Crippen LogP contribution in [0.4, 0.5) is 5.13 Å². The van der Waals surface area contributed by atoms with Gasteiger partial charge in [-0.3, -0.25) is 0 Å². The van der Waals surface area contributed by atoms with Crippen LogP contribution in [0.15, 0.2) is 39.5 Å². The average molecular weight is 424 g/mol. The van der Waals surface area contributed by atoms with E-state index in [1.54, 1.807) is 11.3 Å². The summed E-state index contributed by atoms with van der Waals surface area (Å²) in [6, 6.07) is 8.07. The Labute approximate surface area is 173 Å². The van der Waals surface area contributed by atoms with Crippen molar-refractivity contribution >= 4 is 34.2 Å². The van der Waals surface area contributed by atoms with Crippen molar-refractivity contribution in [2.75, 3.05) is 39.3 Å². The van der Waals surface area contributed by atoms with Crippen molar-refractivity contribution in [1.82, 2.24) is 19.0 Å². The molecule has 156 valence electrons. The Hall–Kier alpha value is -1.18. The van der Waals surface area contributed by atoms with Crippen LogP contribution in [0.3, 0.4) is 0 Å². The lowest BCUT2D eigenvalue weighted by molar-refractivity contribution is 0.338. The quantitative estimate of drug-likeness (QED) is 0.243. The topological polar surface area (TPSA) is 59.7 Å². The van der Waals surface area contributed by atoms with Gasteiger partial charge in [0.25, 0.3) is 0 Å². The highest BCUT2D eigenvalue weighted by atomic mass is 32.1. The van der Waals surface area contributed by atoms with Gasteiger partial charge < -0.3 is 0 Å². The van der Waals surface area contributed by atoms with Crippen molar-refractivity contribution in [3.05, 3.63) is 24.3 Å². The zero-order valence-corrected chi connectivity index (χ0v) is 19.7. The number of hydrogen-bond acceptors (Lipinski definition) is 3. The molecule has 0 atom stereocenters. The molecule has 0 spiro atoms. The van der Waals surface area contributed by atoms with Gasteiger partial charge in [-0.2, -0.15) is 0 Å². The molecule has 0 saturated heterocycles. The predicted molar refractivity (Wildman–Crippen MR) is 122 cm³/mol. The summed E-state index contributed by atoms with van der Waals surface area (Å²) < 4.78 is 8.51. The molecule has 0 unspecified atom stereocenters. The zero-order chi connectivity index (χ0) is 20.6. The Morgan fingerprint density at radius 1 is 0.821 bits per heavy atom. The third kappa shape index (κ3) is 4.69. The van der Waals surface area contributed by atoms with Crippen molar-refractivity contribution in [2.45, 2.75) is 41.5 Å². The number of fused-ring (bicyclic) bond motifs is 1. The lowest BCUT2D eigenvalue weighted by atomic mass is 10.3. The van der Waals surface area contributed by atoms with Gasteiger partial charge in [-0.05, 0) is 17.4 Å². The molecule has 0 N–H and O–H groups in total. The standard InChI is InChI=1S/C19H34N7PS/c1-7-24(8-2)27(25(9-3)10-4,26(11-5)12-6)23-22-21-19-20-17-15-13-14-16-18(17)28-19/h13-16H,7-12H2,1-6H3/b22-21+. The molecule has 1 heterocycles. The SMILES string of the molecule is CCN(CC)P(=N/N=N/c1nc2ccccc2s1)(N(CC)CC)N(CC)CC. The molecule has 0 saturated carbocycles. The van der Waals surface area contributed by atoms with Gasteiger partial charge in [0.15, 0.2) is 7.51 Å². The largest absolute Gasteiger partial charge is 0.245 e. The van der Waals surface area contributed by atoms with E-state index in [1.165, 1.54) is 0 Å². The molecule has 2 rings (SSSR count). The highest BCUT2D eigenvalue weighted by molar-refractivity contribution is 7.59. The summed E-state index contributed by atoms with van der Waals surface area (Å²) >= 11 is 1.55. The first-order valence-corrected chi connectivity index (χ1v) is 12.7. The van der Waals surface area contributed by atoms with Gasteiger partial charge in [-0.25, -0.2) is 19.0 Å². The molecule has 28 heavy (non-hydrogen) atoms. The van der Waals surface area contributed by atoms with Crippen LogP contribution in [-0.2, 0) is 0 Å². The first-order valence-electron chi connectivity index (χ1n) is 10.2. The number of rotatable bonds is 11. The fraction of sp³-hybridized carbons (Fsp3) is 0.632. The molecule has 0 fully saturated rings. The fourth-order valence-corrected chi connectivity index (χ4v) is 8.15. The Morgan fingerprint density at radius 2 is 1.32 bits per heavy atom. The maximum atomic E-state index is 4.96. The van der Waals surface area contributed by atoms with E-state index in [4.69, 9.17) is 4.85 Å². The van der Waals surface area contributed by atoms with Gasteiger partial charge in [-0.1, -0.05) is 70.1 Å². The van der Waals surface area contributed by atoms with E-state index >= 15 is 0 Å². The van der Waals surface area contributed by atoms with Crippen LogP contribution in [0.1, 0.15) is 41.5 Å². The van der Waals surface area contributed by atoms with E-state index in [0.29, 0.717) is 5.13 Å². The van der Waals surface area contributed by atoms with Crippen LogP contribution in [0.5, 0.6) is 0 Å². The Balaban J connectivity index is 2.56. The Kier molecular flexibility index (Phi) is 9.18. The van der Waals surface area contributed by atoms with Crippen LogP contribution in [0.25, 0.3) is 10.2 Å². The molecule has 0 aliphatic rings. The van der Waals surface area contributed by atoms with Gasteiger partial charge in [0.2, 0.25) is 5.13 Å². The molecule has 1 aromatic carbocycles. The molecule has 0 bridgehead atoms. The minimum Gasteiger partial charge on any atom is -0.245 e. The molecule has 0 aliphatic heterocycles. The summed E-state index contributed by atoms with van der Waals surface area (Å²) in [6.07, 6.45) is 0. The van der Waals surface area contributed by atoms with E-state index in [1.807, 2.05) is 18.2 Å². The van der Waals surface area contributed by atoms with E-state index in [9.17, 15) is 0 Å². The lowest BCUT2D eigenvalue weighted by Crippen LogP contribution is -2.41. The van der Waals surface area contributed by atoms with Crippen LogP contribution < -0.4 is 0 Å². The number of thiazole rings is 1. The van der Waals surface area contributed by atoms with Crippen molar-refractivity contribution in [3.8, 4) is 0 Å². The molecule has 0 radical (unpaired) electrons.